The molecule has 2 heterocycles. The summed E-state index contributed by atoms with van der Waals surface area (Å²) in [5.74, 6) is 0. The molecule has 0 fully saturated rings. The molecular formula is C13H13N3O. The highest BCUT2D eigenvalue weighted by molar-refractivity contribution is 5.70. The van der Waals surface area contributed by atoms with Gasteiger partial charge >= 0.3 is 0 Å². The minimum absolute atomic E-state index is 0.126. The van der Waals surface area contributed by atoms with Crippen molar-refractivity contribution in [1.29, 1.82) is 0 Å². The summed E-state index contributed by atoms with van der Waals surface area (Å²) in [5, 5.41) is 9.90. The van der Waals surface area contributed by atoms with Crippen molar-refractivity contribution >= 4 is 5.69 Å². The number of aromatic nitrogens is 2. The smallest absolute Gasteiger partial charge is 0.287 e. The molecule has 4 heteroatoms. The Bertz CT molecular complexity index is 589. The minimum atomic E-state index is -0.126. The fraction of sp³-hybridized carbons (Fsp3) is 0.231. The second kappa shape index (κ2) is 4.05. The highest BCUT2D eigenvalue weighted by Gasteiger charge is 2.18. The van der Waals surface area contributed by atoms with Gasteiger partial charge in [0.15, 0.2) is 0 Å². The number of anilines is 1. The number of fused-ring (bicyclic) bond motifs is 1. The van der Waals surface area contributed by atoms with Gasteiger partial charge in [0.2, 0.25) is 0 Å². The monoisotopic (exact) mass is 227 g/mol. The Labute approximate surface area is 98.7 Å². The Kier molecular flexibility index (Phi) is 2.40. The number of aromatic amines is 1. The summed E-state index contributed by atoms with van der Waals surface area (Å²) in [6.07, 6.45) is 1.95. The molecule has 86 valence electrons. The van der Waals surface area contributed by atoms with Crippen molar-refractivity contribution in [2.45, 2.75) is 12.8 Å². The molecule has 1 aliphatic rings. The maximum Gasteiger partial charge on any atom is 0.287 e. The molecule has 1 aromatic heterocycles. The fourth-order valence-electron chi connectivity index (χ4n) is 2.23. The van der Waals surface area contributed by atoms with E-state index in [0.29, 0.717) is 5.69 Å². The summed E-state index contributed by atoms with van der Waals surface area (Å²) in [6.45, 7) is 0.855. The van der Waals surface area contributed by atoms with Gasteiger partial charge in [-0.25, -0.2) is 5.10 Å². The summed E-state index contributed by atoms with van der Waals surface area (Å²) < 4.78 is 0. The number of hydrogen-bond acceptors (Lipinski definition) is 3. The van der Waals surface area contributed by atoms with Crippen LogP contribution in [0.15, 0.2) is 35.1 Å². The molecular weight excluding hydrogens is 214 g/mol. The zero-order chi connectivity index (χ0) is 11.7. The molecule has 0 saturated carbocycles. The predicted molar refractivity (Wildman–Crippen MR) is 67.1 cm³/mol. The van der Waals surface area contributed by atoms with Crippen molar-refractivity contribution < 1.29 is 0 Å². The molecule has 1 aromatic carbocycles. The van der Waals surface area contributed by atoms with Crippen LogP contribution in [0.4, 0.5) is 5.69 Å². The lowest BCUT2D eigenvalue weighted by atomic mass is 9.99. The van der Waals surface area contributed by atoms with E-state index in [1.807, 2.05) is 30.3 Å². The van der Waals surface area contributed by atoms with Crippen molar-refractivity contribution in [1.82, 2.24) is 10.2 Å². The summed E-state index contributed by atoms with van der Waals surface area (Å²) in [6, 6.07) is 9.94. The van der Waals surface area contributed by atoms with Gasteiger partial charge in [0.25, 0.3) is 5.56 Å². The summed E-state index contributed by atoms with van der Waals surface area (Å²) >= 11 is 0. The molecule has 3 rings (SSSR count). The first-order valence-electron chi connectivity index (χ1n) is 5.77. The molecule has 0 aliphatic carbocycles. The largest absolute Gasteiger partial charge is 0.380 e. The third-order valence-electron chi connectivity index (χ3n) is 3.04. The summed E-state index contributed by atoms with van der Waals surface area (Å²) in [7, 11) is 0. The Morgan fingerprint density at radius 2 is 2.00 bits per heavy atom. The SMILES string of the molecule is O=c1[nH]nc(-c2ccccc2)c2c1NCCC2. The molecule has 4 nitrogen and oxygen atoms in total. The van der Waals surface area contributed by atoms with E-state index >= 15 is 0 Å². The van der Waals surface area contributed by atoms with Gasteiger partial charge in [-0.2, -0.15) is 5.10 Å². The zero-order valence-electron chi connectivity index (χ0n) is 9.36. The van der Waals surface area contributed by atoms with Crippen molar-refractivity contribution in [3.8, 4) is 11.3 Å². The van der Waals surface area contributed by atoms with Gasteiger partial charge in [-0.15, -0.1) is 0 Å². The second-order valence-corrected chi connectivity index (χ2v) is 4.15. The van der Waals surface area contributed by atoms with Crippen LogP contribution in [0.1, 0.15) is 12.0 Å². The molecule has 2 aromatic rings. The zero-order valence-corrected chi connectivity index (χ0v) is 9.36. The van der Waals surface area contributed by atoms with Crippen LogP contribution >= 0.6 is 0 Å². The van der Waals surface area contributed by atoms with Crippen LogP contribution in [0.25, 0.3) is 11.3 Å². The Balaban J connectivity index is 2.22. The molecule has 0 amide bonds. The Morgan fingerprint density at radius 3 is 2.82 bits per heavy atom. The lowest BCUT2D eigenvalue weighted by molar-refractivity contribution is 0.806. The van der Waals surface area contributed by atoms with E-state index in [1.165, 1.54) is 0 Å². The third kappa shape index (κ3) is 1.71. The lowest BCUT2D eigenvalue weighted by Gasteiger charge is -2.18. The number of nitrogens with zero attached hydrogens (tertiary/aromatic N) is 1. The molecule has 0 radical (unpaired) electrons. The van der Waals surface area contributed by atoms with Gasteiger partial charge in [0.1, 0.15) is 5.69 Å². The van der Waals surface area contributed by atoms with E-state index in [-0.39, 0.29) is 5.56 Å². The Hall–Kier alpha value is -2.10. The number of rotatable bonds is 1. The van der Waals surface area contributed by atoms with Crippen LogP contribution in [0, 0.1) is 0 Å². The topological polar surface area (TPSA) is 57.8 Å². The van der Waals surface area contributed by atoms with Crippen molar-refractivity contribution in [2.75, 3.05) is 11.9 Å². The standard InChI is InChI=1S/C13H13N3O/c17-13-12-10(7-4-8-14-12)11(15-16-13)9-5-2-1-3-6-9/h1-3,5-6,14H,4,7-8H2,(H,16,17). The quantitative estimate of drug-likeness (QED) is 0.781. The van der Waals surface area contributed by atoms with E-state index in [0.717, 1.165) is 36.2 Å². The van der Waals surface area contributed by atoms with Gasteiger partial charge in [0, 0.05) is 17.7 Å². The van der Waals surface area contributed by atoms with Gasteiger partial charge in [-0.3, -0.25) is 4.79 Å². The number of hydrogen-bond donors (Lipinski definition) is 2. The number of H-pyrrole nitrogens is 1. The maximum absolute atomic E-state index is 11.7. The highest BCUT2D eigenvalue weighted by Crippen LogP contribution is 2.27. The molecule has 17 heavy (non-hydrogen) atoms. The molecule has 0 unspecified atom stereocenters. The van der Waals surface area contributed by atoms with Crippen molar-refractivity contribution in [2.24, 2.45) is 0 Å². The molecule has 0 saturated heterocycles. The van der Waals surface area contributed by atoms with Crippen molar-refractivity contribution in [3.63, 3.8) is 0 Å². The number of benzene rings is 1. The normalized spacial score (nSPS) is 13.9. The maximum atomic E-state index is 11.7. The minimum Gasteiger partial charge on any atom is -0.380 e. The number of nitrogens with one attached hydrogen (secondary N) is 2. The van der Waals surface area contributed by atoms with E-state index in [2.05, 4.69) is 15.5 Å². The van der Waals surface area contributed by atoms with Gasteiger partial charge < -0.3 is 5.32 Å². The van der Waals surface area contributed by atoms with Crippen LogP contribution in [0.5, 0.6) is 0 Å². The van der Waals surface area contributed by atoms with Crippen LogP contribution in [0.2, 0.25) is 0 Å². The molecule has 0 atom stereocenters. The predicted octanol–water partition coefficient (Wildman–Crippen LogP) is 1.79. The van der Waals surface area contributed by atoms with Crippen LogP contribution in [-0.2, 0) is 6.42 Å². The highest BCUT2D eigenvalue weighted by atomic mass is 16.1. The van der Waals surface area contributed by atoms with E-state index in [1.54, 1.807) is 0 Å². The van der Waals surface area contributed by atoms with Crippen LogP contribution in [-0.4, -0.2) is 16.7 Å². The second-order valence-electron chi connectivity index (χ2n) is 4.15. The first-order valence-corrected chi connectivity index (χ1v) is 5.77. The van der Waals surface area contributed by atoms with Crippen LogP contribution < -0.4 is 10.9 Å². The van der Waals surface area contributed by atoms with Gasteiger partial charge in [0.05, 0.1) is 5.69 Å². The van der Waals surface area contributed by atoms with E-state index in [4.69, 9.17) is 0 Å². The van der Waals surface area contributed by atoms with Crippen LogP contribution in [0.3, 0.4) is 0 Å². The molecule has 2 N–H and O–H groups in total. The summed E-state index contributed by atoms with van der Waals surface area (Å²) in [4.78, 5) is 11.7. The average Bonchev–Trinajstić information content (AvgIpc) is 2.41. The molecule has 0 spiro atoms. The van der Waals surface area contributed by atoms with E-state index < -0.39 is 0 Å². The van der Waals surface area contributed by atoms with Crippen molar-refractivity contribution in [3.05, 3.63) is 46.2 Å². The van der Waals surface area contributed by atoms with Gasteiger partial charge in [-0.1, -0.05) is 30.3 Å². The lowest BCUT2D eigenvalue weighted by Crippen LogP contribution is -2.24. The Morgan fingerprint density at radius 1 is 1.18 bits per heavy atom. The molecule has 1 aliphatic heterocycles. The first kappa shape index (κ1) is 10.1. The first-order chi connectivity index (χ1) is 8.36. The molecule has 0 bridgehead atoms. The fourth-order valence-corrected chi connectivity index (χ4v) is 2.23. The van der Waals surface area contributed by atoms with E-state index in [9.17, 15) is 4.79 Å². The van der Waals surface area contributed by atoms with Gasteiger partial charge in [-0.05, 0) is 12.8 Å². The third-order valence-corrected chi connectivity index (χ3v) is 3.04. The summed E-state index contributed by atoms with van der Waals surface area (Å²) in [5.41, 5.74) is 3.52. The average molecular weight is 227 g/mol.